The van der Waals surface area contributed by atoms with E-state index >= 15 is 0 Å². The molecule has 0 heterocycles. The minimum atomic E-state index is -0.973. The lowest BCUT2D eigenvalue weighted by Crippen LogP contribution is -2.36. The third-order valence-electron chi connectivity index (χ3n) is 4.45. The molecule has 0 spiro atoms. The van der Waals surface area contributed by atoms with E-state index in [2.05, 4.69) is 19.1 Å². The lowest BCUT2D eigenvalue weighted by Gasteiger charge is -2.37. The van der Waals surface area contributed by atoms with Crippen molar-refractivity contribution in [2.75, 3.05) is 6.61 Å². The van der Waals surface area contributed by atoms with E-state index in [0.29, 0.717) is 6.42 Å². The van der Waals surface area contributed by atoms with Gasteiger partial charge in [-0.15, -0.1) is 0 Å². The van der Waals surface area contributed by atoms with Gasteiger partial charge in [0.15, 0.2) is 0 Å². The minimum absolute atomic E-state index is 0.0488. The molecule has 0 fully saturated rings. The summed E-state index contributed by atoms with van der Waals surface area (Å²) in [4.78, 5) is 0. The molecule has 0 unspecified atom stereocenters. The zero-order chi connectivity index (χ0) is 15.3. The van der Waals surface area contributed by atoms with Crippen LogP contribution in [0.3, 0.4) is 0 Å². The fourth-order valence-corrected chi connectivity index (χ4v) is 3.14. The van der Waals surface area contributed by atoms with Crippen LogP contribution < -0.4 is 0 Å². The van der Waals surface area contributed by atoms with E-state index in [0.717, 1.165) is 5.56 Å². The van der Waals surface area contributed by atoms with E-state index in [-0.39, 0.29) is 18.4 Å². The van der Waals surface area contributed by atoms with E-state index < -0.39 is 5.60 Å². The number of aliphatic hydroxyl groups excluding tert-OH is 1. The third-order valence-corrected chi connectivity index (χ3v) is 4.45. The van der Waals surface area contributed by atoms with Gasteiger partial charge in [-0.25, -0.2) is 0 Å². The topological polar surface area (TPSA) is 40.5 Å². The molecule has 21 heavy (non-hydrogen) atoms. The molecule has 2 aromatic rings. The largest absolute Gasteiger partial charge is 0.396 e. The Balaban J connectivity index is 2.34. The summed E-state index contributed by atoms with van der Waals surface area (Å²) in [5.74, 6) is 0.112. The predicted molar refractivity (Wildman–Crippen MR) is 86.1 cm³/mol. The summed E-state index contributed by atoms with van der Waals surface area (Å²) in [6.45, 7) is 4.04. The maximum atomic E-state index is 11.1. The first-order valence-corrected chi connectivity index (χ1v) is 7.51. The van der Waals surface area contributed by atoms with Gasteiger partial charge >= 0.3 is 0 Å². The molecule has 2 N–H and O–H groups in total. The fraction of sp³-hybridized carbons (Fsp3) is 0.368. The van der Waals surface area contributed by atoms with E-state index in [9.17, 15) is 10.2 Å². The Morgan fingerprint density at radius 3 is 2.00 bits per heavy atom. The highest BCUT2D eigenvalue weighted by Gasteiger charge is 2.37. The number of hydrogen-bond donors (Lipinski definition) is 2. The normalized spacial score (nSPS) is 17.0. The zero-order valence-corrected chi connectivity index (χ0v) is 12.7. The Hall–Kier alpha value is -1.64. The maximum absolute atomic E-state index is 11.1. The first-order valence-electron chi connectivity index (χ1n) is 7.51. The molecule has 0 aromatic heterocycles. The molecule has 0 aliphatic heterocycles. The summed E-state index contributed by atoms with van der Waals surface area (Å²) in [6.07, 6.45) is 0.567. The molecule has 2 nitrogen and oxygen atoms in total. The van der Waals surface area contributed by atoms with Crippen molar-refractivity contribution in [3.63, 3.8) is 0 Å². The smallest absolute Gasteiger partial charge is 0.0903 e. The first kappa shape index (κ1) is 15.7. The van der Waals surface area contributed by atoms with Crippen LogP contribution in [0.1, 0.15) is 37.3 Å². The van der Waals surface area contributed by atoms with Crippen LogP contribution in [-0.2, 0) is 5.60 Å². The molecule has 0 aliphatic rings. The van der Waals surface area contributed by atoms with Crippen LogP contribution in [0.5, 0.6) is 0 Å². The van der Waals surface area contributed by atoms with Crippen molar-refractivity contribution < 1.29 is 10.2 Å². The quantitative estimate of drug-likeness (QED) is 0.849. The van der Waals surface area contributed by atoms with Crippen molar-refractivity contribution >= 4 is 0 Å². The Bertz CT molecular complexity index is 534. The molecular weight excluding hydrogens is 260 g/mol. The van der Waals surface area contributed by atoms with Crippen molar-refractivity contribution in [1.82, 2.24) is 0 Å². The average molecular weight is 284 g/mol. The molecule has 0 amide bonds. The monoisotopic (exact) mass is 284 g/mol. The number of benzene rings is 2. The highest BCUT2D eigenvalue weighted by atomic mass is 16.3. The molecule has 2 rings (SSSR count). The summed E-state index contributed by atoms with van der Waals surface area (Å²) in [6, 6.07) is 19.9. The molecule has 0 saturated heterocycles. The van der Waals surface area contributed by atoms with E-state index in [1.54, 1.807) is 0 Å². The van der Waals surface area contributed by atoms with Gasteiger partial charge in [0.2, 0.25) is 0 Å². The highest BCUT2D eigenvalue weighted by Crippen LogP contribution is 2.40. The van der Waals surface area contributed by atoms with E-state index in [1.165, 1.54) is 5.56 Å². The van der Waals surface area contributed by atoms with Gasteiger partial charge < -0.3 is 10.2 Å². The van der Waals surface area contributed by atoms with Gasteiger partial charge in [-0.2, -0.15) is 0 Å². The summed E-state index contributed by atoms with van der Waals surface area (Å²) >= 11 is 0. The first-order chi connectivity index (χ1) is 10.1. The fourth-order valence-electron chi connectivity index (χ4n) is 3.14. The van der Waals surface area contributed by atoms with Gasteiger partial charge in [0.25, 0.3) is 0 Å². The Morgan fingerprint density at radius 1 is 0.952 bits per heavy atom. The van der Waals surface area contributed by atoms with Gasteiger partial charge in [-0.3, -0.25) is 0 Å². The Morgan fingerprint density at radius 2 is 1.48 bits per heavy atom. The molecule has 112 valence electrons. The SMILES string of the molecule is C[C@@H](c1ccccc1)[C@@H](CCO)[C@](C)(O)c1ccccc1. The molecule has 3 atom stereocenters. The number of aliphatic hydroxyl groups is 2. The lowest BCUT2D eigenvalue weighted by atomic mass is 9.72. The van der Waals surface area contributed by atoms with Crippen molar-refractivity contribution in [3.8, 4) is 0 Å². The van der Waals surface area contributed by atoms with Crippen LogP contribution in [-0.4, -0.2) is 16.8 Å². The van der Waals surface area contributed by atoms with Crippen molar-refractivity contribution in [3.05, 3.63) is 71.8 Å². The van der Waals surface area contributed by atoms with Crippen molar-refractivity contribution in [1.29, 1.82) is 0 Å². The van der Waals surface area contributed by atoms with Crippen molar-refractivity contribution in [2.45, 2.75) is 31.8 Å². The maximum Gasteiger partial charge on any atom is 0.0903 e. The van der Waals surface area contributed by atoms with Gasteiger partial charge in [0, 0.05) is 12.5 Å². The molecule has 2 aromatic carbocycles. The second-order valence-electron chi connectivity index (χ2n) is 5.83. The second-order valence-corrected chi connectivity index (χ2v) is 5.83. The van der Waals surface area contributed by atoms with Crippen LogP contribution in [0.25, 0.3) is 0 Å². The molecule has 0 saturated carbocycles. The van der Waals surface area contributed by atoms with Crippen LogP contribution in [0.15, 0.2) is 60.7 Å². The third kappa shape index (κ3) is 3.52. The number of hydrogen-bond acceptors (Lipinski definition) is 2. The van der Waals surface area contributed by atoms with Gasteiger partial charge in [0.05, 0.1) is 5.60 Å². The van der Waals surface area contributed by atoms with Gasteiger partial charge in [-0.1, -0.05) is 67.6 Å². The Labute approximate surface area is 127 Å². The molecule has 0 radical (unpaired) electrons. The summed E-state index contributed by atoms with van der Waals surface area (Å²) in [7, 11) is 0. The van der Waals surface area contributed by atoms with E-state index in [4.69, 9.17) is 0 Å². The van der Waals surface area contributed by atoms with Gasteiger partial charge in [-0.05, 0) is 30.4 Å². The zero-order valence-electron chi connectivity index (χ0n) is 12.7. The molecule has 2 heteroatoms. The summed E-state index contributed by atoms with van der Waals surface area (Å²) in [5, 5.41) is 20.5. The molecular formula is C19H24O2. The van der Waals surface area contributed by atoms with Crippen LogP contribution in [0, 0.1) is 5.92 Å². The summed E-state index contributed by atoms with van der Waals surface area (Å²) in [5.41, 5.74) is 1.11. The van der Waals surface area contributed by atoms with Gasteiger partial charge in [0.1, 0.15) is 0 Å². The van der Waals surface area contributed by atoms with Crippen LogP contribution in [0.4, 0.5) is 0 Å². The van der Waals surface area contributed by atoms with Crippen LogP contribution in [0.2, 0.25) is 0 Å². The standard InChI is InChI=1S/C19H24O2/c1-15(16-9-5-3-6-10-16)18(13-14-20)19(2,21)17-11-7-4-8-12-17/h3-12,15,18,20-21H,13-14H2,1-2H3/t15-,18+,19+/m0/s1. The minimum Gasteiger partial charge on any atom is -0.396 e. The Kier molecular flexibility index (Phi) is 5.16. The average Bonchev–Trinajstić information content (AvgIpc) is 2.53. The molecule has 0 bridgehead atoms. The summed E-state index contributed by atoms with van der Waals surface area (Å²) < 4.78 is 0. The predicted octanol–water partition coefficient (Wildman–Crippen LogP) is 3.70. The second kappa shape index (κ2) is 6.88. The highest BCUT2D eigenvalue weighted by molar-refractivity contribution is 5.26. The van der Waals surface area contributed by atoms with Crippen LogP contribution >= 0.6 is 0 Å². The van der Waals surface area contributed by atoms with Crippen molar-refractivity contribution in [2.24, 2.45) is 5.92 Å². The van der Waals surface area contributed by atoms with E-state index in [1.807, 2.05) is 55.5 Å². The molecule has 0 aliphatic carbocycles. The lowest BCUT2D eigenvalue weighted by molar-refractivity contribution is -0.0257. The number of rotatable bonds is 6.